The van der Waals surface area contributed by atoms with Crippen molar-refractivity contribution < 1.29 is 9.59 Å². The van der Waals surface area contributed by atoms with Crippen molar-refractivity contribution >= 4 is 40.5 Å². The molecule has 0 bridgehead atoms. The number of fused-ring (bicyclic) bond motifs is 1. The average molecular weight is 334 g/mol. The Labute approximate surface area is 140 Å². The van der Waals surface area contributed by atoms with Crippen molar-refractivity contribution in [2.45, 2.75) is 19.8 Å². The van der Waals surface area contributed by atoms with Gasteiger partial charge in [-0.1, -0.05) is 11.6 Å². The minimum absolute atomic E-state index is 0.186. The molecule has 2 heterocycles. The van der Waals surface area contributed by atoms with Crippen LogP contribution in [0.4, 0.5) is 5.69 Å². The number of rotatable bonds is 2. The number of pyridine rings is 1. The third kappa shape index (κ3) is 4.20. The minimum atomic E-state index is 0.186. The van der Waals surface area contributed by atoms with Gasteiger partial charge in [-0.05, 0) is 37.6 Å². The van der Waals surface area contributed by atoms with Crippen LogP contribution in [-0.2, 0) is 9.59 Å². The van der Waals surface area contributed by atoms with E-state index in [1.54, 1.807) is 14.1 Å². The first kappa shape index (κ1) is 17.2. The number of anilines is 1. The Balaban J connectivity index is 0.000000338. The van der Waals surface area contributed by atoms with Crippen LogP contribution in [0, 0.1) is 6.92 Å². The number of carbonyl (C=O) groups excluding carboxylic acids is 2. The van der Waals surface area contributed by atoms with Crippen molar-refractivity contribution in [1.29, 1.82) is 0 Å². The number of halogens is 1. The van der Waals surface area contributed by atoms with Crippen molar-refractivity contribution in [3.63, 3.8) is 0 Å². The number of aryl methyl sites for hydroxylation is 1. The van der Waals surface area contributed by atoms with Gasteiger partial charge < -0.3 is 9.80 Å². The number of carbonyl (C=O) groups is 2. The fourth-order valence-electron chi connectivity index (χ4n) is 2.39. The van der Waals surface area contributed by atoms with Gasteiger partial charge in [-0.25, -0.2) is 0 Å². The van der Waals surface area contributed by atoms with E-state index in [1.807, 2.05) is 36.1 Å². The Morgan fingerprint density at radius 1 is 1.30 bits per heavy atom. The Hall–Kier alpha value is -2.14. The summed E-state index contributed by atoms with van der Waals surface area (Å²) in [4.78, 5) is 28.9. The highest BCUT2D eigenvalue weighted by Crippen LogP contribution is 2.29. The number of hydrogen-bond donors (Lipinski definition) is 0. The summed E-state index contributed by atoms with van der Waals surface area (Å²) in [6.07, 6.45) is 2.31. The number of amides is 2. The molecule has 1 fully saturated rings. The van der Waals surface area contributed by atoms with Crippen LogP contribution in [0.5, 0.6) is 0 Å². The van der Waals surface area contributed by atoms with Crippen molar-refractivity contribution in [3.8, 4) is 0 Å². The first-order valence-corrected chi connectivity index (χ1v) is 7.79. The second-order valence-electron chi connectivity index (χ2n) is 5.66. The summed E-state index contributed by atoms with van der Waals surface area (Å²) < 4.78 is 0. The van der Waals surface area contributed by atoms with Crippen LogP contribution in [-0.4, -0.2) is 42.8 Å². The molecular weight excluding hydrogens is 314 g/mol. The molecule has 0 N–H and O–H groups in total. The zero-order chi connectivity index (χ0) is 17.0. The smallest absolute Gasteiger partial charge is 0.227 e. The summed E-state index contributed by atoms with van der Waals surface area (Å²) in [5.41, 5.74) is 2.69. The highest BCUT2D eigenvalue weighted by atomic mass is 35.5. The van der Waals surface area contributed by atoms with Gasteiger partial charge in [0.1, 0.15) is 0 Å². The molecule has 3 rings (SSSR count). The van der Waals surface area contributed by atoms with E-state index >= 15 is 0 Å². The van der Waals surface area contributed by atoms with Crippen molar-refractivity contribution in [2.75, 3.05) is 25.5 Å². The maximum absolute atomic E-state index is 11.7. The zero-order valence-corrected chi connectivity index (χ0v) is 14.3. The molecule has 0 spiro atoms. The fourth-order valence-corrected chi connectivity index (χ4v) is 2.69. The monoisotopic (exact) mass is 333 g/mol. The largest absolute Gasteiger partial charge is 0.351 e. The topological polar surface area (TPSA) is 53.5 Å². The van der Waals surface area contributed by atoms with Gasteiger partial charge in [0, 0.05) is 43.8 Å². The zero-order valence-electron chi connectivity index (χ0n) is 13.5. The van der Waals surface area contributed by atoms with Gasteiger partial charge in [0.2, 0.25) is 12.3 Å². The second kappa shape index (κ2) is 7.42. The highest BCUT2D eigenvalue weighted by Gasteiger charge is 2.22. The minimum Gasteiger partial charge on any atom is -0.351 e. The molecule has 1 aliphatic heterocycles. The number of nitrogens with zero attached hydrogens (tertiary/aromatic N) is 3. The van der Waals surface area contributed by atoms with Gasteiger partial charge in [-0.15, -0.1) is 0 Å². The number of hydrogen-bond acceptors (Lipinski definition) is 3. The van der Waals surface area contributed by atoms with E-state index in [4.69, 9.17) is 11.6 Å². The molecule has 1 aromatic heterocycles. The summed E-state index contributed by atoms with van der Waals surface area (Å²) in [7, 11) is 3.38. The Kier molecular flexibility index (Phi) is 5.55. The number of aromatic nitrogens is 1. The molecule has 1 aromatic carbocycles. The normalized spacial score (nSPS) is 13.7. The Morgan fingerprint density at radius 2 is 2.00 bits per heavy atom. The molecule has 23 heavy (non-hydrogen) atoms. The van der Waals surface area contributed by atoms with E-state index in [1.165, 1.54) is 4.90 Å². The van der Waals surface area contributed by atoms with Gasteiger partial charge in [0.05, 0.1) is 10.5 Å². The maximum atomic E-state index is 11.7. The van der Waals surface area contributed by atoms with Crippen LogP contribution >= 0.6 is 11.6 Å². The van der Waals surface area contributed by atoms with Crippen LogP contribution in [0.2, 0.25) is 5.02 Å². The molecular formula is C17H20ClN3O2. The van der Waals surface area contributed by atoms with E-state index < -0.39 is 0 Å². The Morgan fingerprint density at radius 3 is 2.57 bits per heavy atom. The molecule has 5 nitrogen and oxygen atoms in total. The molecule has 0 saturated carbocycles. The second-order valence-corrected chi connectivity index (χ2v) is 6.07. The molecule has 0 radical (unpaired) electrons. The molecule has 2 aromatic rings. The SMILES string of the molecule is CN(C)C=O.Cc1cc(Cl)c2cc(N3CCCC3=O)ccc2n1. The van der Waals surface area contributed by atoms with Gasteiger partial charge in [0.25, 0.3) is 0 Å². The van der Waals surface area contributed by atoms with Gasteiger partial charge in [-0.3, -0.25) is 14.6 Å². The number of benzene rings is 1. The lowest BCUT2D eigenvalue weighted by Gasteiger charge is -2.16. The van der Waals surface area contributed by atoms with Gasteiger partial charge >= 0.3 is 0 Å². The molecule has 1 saturated heterocycles. The molecule has 6 heteroatoms. The van der Waals surface area contributed by atoms with E-state index in [-0.39, 0.29) is 5.91 Å². The lowest BCUT2D eigenvalue weighted by Crippen LogP contribution is -2.23. The third-order valence-corrected chi connectivity index (χ3v) is 3.78. The molecule has 122 valence electrons. The first-order valence-electron chi connectivity index (χ1n) is 7.41. The maximum Gasteiger partial charge on any atom is 0.227 e. The van der Waals surface area contributed by atoms with Gasteiger partial charge in [-0.2, -0.15) is 0 Å². The van der Waals surface area contributed by atoms with Crippen molar-refractivity contribution in [1.82, 2.24) is 9.88 Å². The van der Waals surface area contributed by atoms with Crippen LogP contribution in [0.3, 0.4) is 0 Å². The fraction of sp³-hybridized carbons (Fsp3) is 0.353. The highest BCUT2D eigenvalue weighted by molar-refractivity contribution is 6.35. The van der Waals surface area contributed by atoms with Crippen molar-refractivity contribution in [2.24, 2.45) is 0 Å². The molecule has 2 amide bonds. The van der Waals surface area contributed by atoms with E-state index in [0.717, 1.165) is 41.7 Å². The van der Waals surface area contributed by atoms with Crippen molar-refractivity contribution in [3.05, 3.63) is 35.0 Å². The van der Waals surface area contributed by atoms with E-state index in [9.17, 15) is 9.59 Å². The van der Waals surface area contributed by atoms with Crippen LogP contribution < -0.4 is 4.90 Å². The quantitative estimate of drug-likeness (QED) is 0.794. The summed E-state index contributed by atoms with van der Waals surface area (Å²) in [6.45, 7) is 2.71. The van der Waals surface area contributed by atoms with Crippen LogP contribution in [0.15, 0.2) is 24.3 Å². The average Bonchev–Trinajstić information content (AvgIpc) is 2.93. The summed E-state index contributed by atoms with van der Waals surface area (Å²) in [5, 5.41) is 1.59. The Bertz CT molecular complexity index is 731. The summed E-state index contributed by atoms with van der Waals surface area (Å²) >= 11 is 6.23. The van der Waals surface area contributed by atoms with E-state index in [0.29, 0.717) is 11.4 Å². The lowest BCUT2D eigenvalue weighted by atomic mass is 10.1. The summed E-state index contributed by atoms with van der Waals surface area (Å²) in [5.74, 6) is 0.186. The van der Waals surface area contributed by atoms with E-state index in [2.05, 4.69) is 4.98 Å². The standard InChI is InChI=1S/C14H13ClN2O.C3H7NO/c1-9-7-12(15)11-8-10(4-5-13(11)16-9)17-6-2-3-14(17)18;1-4(2)3-5/h4-5,7-8H,2-3,6H2,1H3;3H,1-2H3. The van der Waals surface area contributed by atoms with Gasteiger partial charge in [0.15, 0.2) is 0 Å². The lowest BCUT2D eigenvalue weighted by molar-refractivity contribution is -0.117. The molecule has 0 atom stereocenters. The predicted molar refractivity (Wildman–Crippen MR) is 92.8 cm³/mol. The molecule has 0 unspecified atom stereocenters. The summed E-state index contributed by atoms with van der Waals surface area (Å²) in [6, 6.07) is 7.66. The van der Waals surface area contributed by atoms with Crippen LogP contribution in [0.25, 0.3) is 10.9 Å². The molecule has 1 aliphatic rings. The first-order chi connectivity index (χ1) is 10.9. The molecule has 0 aliphatic carbocycles. The predicted octanol–water partition coefficient (Wildman–Crippen LogP) is 3.03. The van der Waals surface area contributed by atoms with Crippen LogP contribution in [0.1, 0.15) is 18.5 Å². The third-order valence-electron chi connectivity index (χ3n) is 3.47.